The lowest BCUT2D eigenvalue weighted by Crippen LogP contribution is -2.35. The van der Waals surface area contributed by atoms with Gasteiger partial charge in [-0.2, -0.15) is 16.9 Å². The van der Waals surface area contributed by atoms with Crippen LogP contribution in [0.2, 0.25) is 0 Å². The molecule has 0 aliphatic carbocycles. The van der Waals surface area contributed by atoms with Crippen molar-refractivity contribution in [1.82, 2.24) is 9.78 Å². The van der Waals surface area contributed by atoms with Crippen LogP contribution in [0.4, 0.5) is 5.69 Å². The van der Waals surface area contributed by atoms with E-state index >= 15 is 0 Å². The number of anilines is 1. The predicted octanol–water partition coefficient (Wildman–Crippen LogP) is 3.21. The van der Waals surface area contributed by atoms with Crippen LogP contribution >= 0.6 is 11.8 Å². The molecule has 0 fully saturated rings. The normalized spacial score (nSPS) is 11.3. The number of amides is 1. The molecule has 0 saturated heterocycles. The maximum Gasteiger partial charge on any atom is 0.331 e. The minimum absolute atomic E-state index is 0.252. The third-order valence-electron chi connectivity index (χ3n) is 3.63. The van der Waals surface area contributed by atoms with E-state index in [1.54, 1.807) is 26.0 Å². The topological polar surface area (TPSA) is 84.2 Å². The molecule has 7 heteroatoms. The molecule has 24 heavy (non-hydrogen) atoms. The van der Waals surface area contributed by atoms with Gasteiger partial charge in [-0.15, -0.1) is 0 Å². The van der Waals surface area contributed by atoms with Crippen LogP contribution in [0.15, 0.2) is 36.7 Å². The number of rotatable bonds is 7. The zero-order valence-corrected chi connectivity index (χ0v) is 14.8. The molecule has 0 radical (unpaired) electrons. The lowest BCUT2D eigenvalue weighted by atomic mass is 10.1. The number of thioether (sulfide) groups is 1. The fraction of sp³-hybridized carbons (Fsp3) is 0.353. The Morgan fingerprint density at radius 2 is 1.96 bits per heavy atom. The number of carbonyl (C=O) groups excluding carboxylic acids is 1. The fourth-order valence-electron chi connectivity index (χ4n) is 1.97. The summed E-state index contributed by atoms with van der Waals surface area (Å²) in [5.74, 6) is 0.732. The van der Waals surface area contributed by atoms with Gasteiger partial charge in [0.15, 0.2) is 5.54 Å². The van der Waals surface area contributed by atoms with Crippen LogP contribution in [0.5, 0.6) is 0 Å². The van der Waals surface area contributed by atoms with Gasteiger partial charge in [-0.3, -0.25) is 9.48 Å². The average Bonchev–Trinajstić information content (AvgIpc) is 3.02. The maximum atomic E-state index is 12.3. The van der Waals surface area contributed by atoms with Gasteiger partial charge in [0.2, 0.25) is 0 Å². The Morgan fingerprint density at radius 1 is 1.29 bits per heavy atom. The highest BCUT2D eigenvalue weighted by Gasteiger charge is 2.30. The number of carboxylic acids is 1. The summed E-state index contributed by atoms with van der Waals surface area (Å²) in [7, 11) is 0. The number of hydrogen-bond acceptors (Lipinski definition) is 4. The molecule has 128 valence electrons. The van der Waals surface area contributed by atoms with Crippen molar-refractivity contribution in [3.05, 3.63) is 47.8 Å². The predicted molar refractivity (Wildman–Crippen MR) is 95.4 cm³/mol. The van der Waals surface area contributed by atoms with E-state index in [1.165, 1.54) is 22.6 Å². The number of aromatic nitrogens is 2. The number of hydrogen-bond donors (Lipinski definition) is 2. The summed E-state index contributed by atoms with van der Waals surface area (Å²) < 4.78 is 1.32. The molecule has 2 N–H and O–H groups in total. The zero-order chi connectivity index (χ0) is 17.7. The summed E-state index contributed by atoms with van der Waals surface area (Å²) in [6.07, 6.45) is 2.95. The van der Waals surface area contributed by atoms with Crippen LogP contribution in [-0.4, -0.2) is 32.5 Å². The first-order valence-corrected chi connectivity index (χ1v) is 8.76. The SMILES string of the molecule is CCSCc1ccc(C(=O)Nc2cnn(C(C)(C)C(=O)O)c2)cc1. The van der Waals surface area contributed by atoms with Gasteiger partial charge in [0.05, 0.1) is 11.9 Å². The molecule has 2 rings (SSSR count). The number of nitrogens with zero attached hydrogens (tertiary/aromatic N) is 2. The van der Waals surface area contributed by atoms with E-state index in [9.17, 15) is 14.7 Å². The Balaban J connectivity index is 2.05. The summed E-state index contributed by atoms with van der Waals surface area (Å²) >= 11 is 1.83. The van der Waals surface area contributed by atoms with Gasteiger partial charge in [0.1, 0.15) is 0 Å². The van der Waals surface area contributed by atoms with Crippen molar-refractivity contribution in [1.29, 1.82) is 0 Å². The first kappa shape index (κ1) is 18.1. The van der Waals surface area contributed by atoms with E-state index in [0.717, 1.165) is 11.5 Å². The van der Waals surface area contributed by atoms with E-state index in [-0.39, 0.29) is 5.91 Å². The van der Waals surface area contributed by atoms with Gasteiger partial charge >= 0.3 is 5.97 Å². The number of aliphatic carboxylic acids is 1. The van der Waals surface area contributed by atoms with Gasteiger partial charge in [-0.05, 0) is 37.3 Å². The second kappa shape index (κ2) is 7.53. The van der Waals surface area contributed by atoms with E-state index in [2.05, 4.69) is 17.3 Å². The quantitative estimate of drug-likeness (QED) is 0.803. The molecule has 0 aliphatic rings. The van der Waals surface area contributed by atoms with Gasteiger partial charge < -0.3 is 10.4 Å². The van der Waals surface area contributed by atoms with Gasteiger partial charge in [-0.1, -0.05) is 19.1 Å². The molecule has 2 aromatic rings. The van der Waals surface area contributed by atoms with Crippen LogP contribution in [0.3, 0.4) is 0 Å². The molecule has 1 amide bonds. The molecule has 0 saturated carbocycles. The molecule has 1 aromatic heterocycles. The highest BCUT2D eigenvalue weighted by molar-refractivity contribution is 7.98. The van der Waals surface area contributed by atoms with Crippen molar-refractivity contribution in [2.75, 3.05) is 11.1 Å². The van der Waals surface area contributed by atoms with E-state index in [4.69, 9.17) is 0 Å². The first-order valence-electron chi connectivity index (χ1n) is 7.61. The van der Waals surface area contributed by atoms with Crippen LogP contribution in [0.25, 0.3) is 0 Å². The van der Waals surface area contributed by atoms with Crippen LogP contribution in [0, 0.1) is 0 Å². The highest BCUT2D eigenvalue weighted by Crippen LogP contribution is 2.18. The summed E-state index contributed by atoms with van der Waals surface area (Å²) in [4.78, 5) is 23.5. The number of benzene rings is 1. The second-order valence-electron chi connectivity index (χ2n) is 5.83. The minimum atomic E-state index is -1.18. The second-order valence-corrected chi connectivity index (χ2v) is 7.10. The van der Waals surface area contributed by atoms with Crippen LogP contribution in [-0.2, 0) is 16.1 Å². The van der Waals surface area contributed by atoms with Crippen molar-refractivity contribution < 1.29 is 14.7 Å². The Morgan fingerprint density at radius 3 is 2.54 bits per heavy atom. The van der Waals surface area contributed by atoms with Crippen molar-refractivity contribution in [2.45, 2.75) is 32.1 Å². The molecule has 0 unspecified atom stereocenters. The van der Waals surface area contributed by atoms with Crippen molar-refractivity contribution in [3.8, 4) is 0 Å². The summed E-state index contributed by atoms with van der Waals surface area (Å²) in [5, 5.41) is 16.0. The van der Waals surface area contributed by atoms with Crippen LogP contribution in [0.1, 0.15) is 36.7 Å². The molecule has 1 heterocycles. The Labute approximate surface area is 145 Å². The first-order chi connectivity index (χ1) is 11.3. The number of carboxylic acid groups (broad SMARTS) is 1. The van der Waals surface area contributed by atoms with Gasteiger partial charge in [-0.25, -0.2) is 4.79 Å². The summed E-state index contributed by atoms with van der Waals surface area (Å²) in [6, 6.07) is 7.45. The van der Waals surface area contributed by atoms with Crippen molar-refractivity contribution in [3.63, 3.8) is 0 Å². The highest BCUT2D eigenvalue weighted by atomic mass is 32.2. The largest absolute Gasteiger partial charge is 0.479 e. The standard InChI is InChI=1S/C17H21N3O3S/c1-4-24-11-12-5-7-13(8-6-12)15(21)19-14-9-18-20(10-14)17(2,3)16(22)23/h5-10H,4,11H2,1-3H3,(H,19,21)(H,22,23). The van der Waals surface area contributed by atoms with Crippen molar-refractivity contribution in [2.24, 2.45) is 0 Å². The third kappa shape index (κ3) is 4.17. The molecule has 0 aliphatic heterocycles. The van der Waals surface area contributed by atoms with Gasteiger partial charge in [0.25, 0.3) is 5.91 Å². The fourth-order valence-corrected chi connectivity index (χ4v) is 2.60. The van der Waals surface area contributed by atoms with Crippen LogP contribution < -0.4 is 5.32 Å². The van der Waals surface area contributed by atoms with E-state index in [1.807, 2.05) is 23.9 Å². The smallest absolute Gasteiger partial charge is 0.331 e. The lowest BCUT2D eigenvalue weighted by Gasteiger charge is -2.19. The molecule has 6 nitrogen and oxygen atoms in total. The summed E-state index contributed by atoms with van der Waals surface area (Å²) in [5.41, 5.74) is 1.00. The third-order valence-corrected chi connectivity index (χ3v) is 4.57. The summed E-state index contributed by atoms with van der Waals surface area (Å²) in [6.45, 7) is 5.19. The average molecular weight is 347 g/mol. The molecule has 0 atom stereocenters. The van der Waals surface area contributed by atoms with Crippen molar-refractivity contribution >= 4 is 29.3 Å². The molecule has 0 bridgehead atoms. The molecule has 0 spiro atoms. The Hall–Kier alpha value is -2.28. The molecule has 1 aromatic carbocycles. The Kier molecular flexibility index (Phi) is 5.66. The number of nitrogens with one attached hydrogen (secondary N) is 1. The maximum absolute atomic E-state index is 12.3. The molecular weight excluding hydrogens is 326 g/mol. The van der Waals surface area contributed by atoms with E-state index in [0.29, 0.717) is 11.3 Å². The van der Waals surface area contributed by atoms with E-state index < -0.39 is 11.5 Å². The zero-order valence-electron chi connectivity index (χ0n) is 13.9. The molecular formula is C17H21N3O3S. The monoisotopic (exact) mass is 347 g/mol. The Bertz CT molecular complexity index is 723. The number of carbonyl (C=O) groups is 2. The van der Waals surface area contributed by atoms with Gasteiger partial charge in [0, 0.05) is 17.5 Å². The lowest BCUT2D eigenvalue weighted by molar-refractivity contribution is -0.146. The minimum Gasteiger partial charge on any atom is -0.479 e.